The zero-order valence-electron chi connectivity index (χ0n) is 37.9. The molecule has 0 saturated heterocycles. The number of rotatable bonds is 7. The van der Waals surface area contributed by atoms with Gasteiger partial charge in [0.25, 0.3) is 0 Å². The molecule has 8 aromatic heterocycles. The third-order valence-corrected chi connectivity index (χ3v) is 8.60. The lowest BCUT2D eigenvalue weighted by atomic mass is 10.2. The van der Waals surface area contributed by atoms with Crippen molar-refractivity contribution in [1.29, 1.82) is 0 Å². The van der Waals surface area contributed by atoms with Crippen LogP contribution in [0.2, 0.25) is 0 Å². The van der Waals surface area contributed by atoms with Crippen LogP contribution in [0, 0.1) is 6.92 Å². The van der Waals surface area contributed by atoms with E-state index in [1.807, 2.05) is 206 Å². The van der Waals surface area contributed by atoms with Crippen molar-refractivity contribution in [3.8, 4) is 45.7 Å². The number of hydrogen-bond donors (Lipinski definition) is 0. The molecule has 10 rings (SSSR count). The molecular formula is C54H54N12. The minimum atomic E-state index is 0.703. The molecule has 0 spiro atoms. The molecule has 0 unspecified atom stereocenters. The van der Waals surface area contributed by atoms with Crippen LogP contribution in [0.5, 0.6) is 0 Å². The third kappa shape index (κ3) is 15.9. The Labute approximate surface area is 387 Å². The monoisotopic (exact) mass is 870 g/mol. The van der Waals surface area contributed by atoms with Gasteiger partial charge in [-0.25, -0.2) is 4.98 Å². The van der Waals surface area contributed by atoms with E-state index in [4.69, 9.17) is 0 Å². The quantitative estimate of drug-likeness (QED) is 0.152. The van der Waals surface area contributed by atoms with Gasteiger partial charge in [0.05, 0.1) is 22.8 Å². The fourth-order valence-corrected chi connectivity index (χ4v) is 5.70. The van der Waals surface area contributed by atoms with Gasteiger partial charge in [0.2, 0.25) is 0 Å². The first-order chi connectivity index (χ1) is 32.6. The number of aryl methyl sites for hydroxylation is 1. The molecule has 330 valence electrons. The zero-order valence-corrected chi connectivity index (χ0v) is 37.9. The summed E-state index contributed by atoms with van der Waals surface area (Å²) in [5.74, 6) is 0.703. The summed E-state index contributed by atoms with van der Waals surface area (Å²) in [6.07, 6.45) is 23.0. The molecule has 0 N–H and O–H groups in total. The van der Waals surface area contributed by atoms with Crippen molar-refractivity contribution >= 4 is 12.2 Å². The summed E-state index contributed by atoms with van der Waals surface area (Å²) in [5, 5.41) is 15.7. The first-order valence-corrected chi connectivity index (χ1v) is 21.7. The maximum atomic E-state index is 4.69. The smallest absolute Gasteiger partial charge is 0.187 e. The van der Waals surface area contributed by atoms with Gasteiger partial charge in [-0.2, -0.15) is 0 Å². The first kappa shape index (κ1) is 48.4. The summed E-state index contributed by atoms with van der Waals surface area (Å²) in [6.45, 7) is 10.3. The summed E-state index contributed by atoms with van der Waals surface area (Å²) < 4.78 is 3.78. The molecular weight excluding hydrogens is 817 g/mol. The normalized spacial score (nSPS) is 9.89. The second kappa shape index (κ2) is 28.1. The summed E-state index contributed by atoms with van der Waals surface area (Å²) in [7, 11) is 0. The van der Waals surface area contributed by atoms with Crippen molar-refractivity contribution in [1.82, 2.24) is 59.4 Å². The van der Waals surface area contributed by atoms with E-state index < -0.39 is 0 Å². The van der Waals surface area contributed by atoms with Crippen molar-refractivity contribution in [2.75, 3.05) is 0 Å². The fraction of sp³-hybridized carbons (Fsp3) is 0.111. The SMILES string of the molecule is CC.CCC.Cc1cncc(/C=C\c2cccnc2)c1.c1ccc(-c2ccccn2)nc1.c1ccc(-n2cnnc2)cc1.c1ccc(-n2cnnc2-c2cccc(-c3ccccn3)n2)cc1. The summed E-state index contributed by atoms with van der Waals surface area (Å²) in [4.78, 5) is 25.6. The van der Waals surface area contributed by atoms with Gasteiger partial charge in [0.1, 0.15) is 24.7 Å². The lowest BCUT2D eigenvalue weighted by Gasteiger charge is -2.07. The Balaban J connectivity index is 0.000000166. The molecule has 8 heterocycles. The Kier molecular flexibility index (Phi) is 20.6. The number of hydrogen-bond acceptors (Lipinski definition) is 10. The second-order valence-electron chi connectivity index (χ2n) is 13.7. The summed E-state index contributed by atoms with van der Waals surface area (Å²) >= 11 is 0. The standard InChI is InChI=1S/C18H13N5.C13H12N2.C10H8N2.C8H7N3.C3H8.C2H6/c1-2-7-14(8-3-1)23-13-20-22-18(23)17-11-6-10-16(21-17)15-9-4-5-12-19-15;1-11-7-13(10-15-8-11)5-4-12-3-2-6-14-9-12;1-3-7-11-9(5-1)10-6-2-4-8-12-10;1-2-4-8(5-3-1)11-6-9-10-7-11;1-3-2;1-2/h1-13H;2-10H,1H3;1-8H;1-7H;3H2,1-2H3;1-2H3/b;5-4-;;;;. The highest BCUT2D eigenvalue weighted by atomic mass is 15.3. The van der Waals surface area contributed by atoms with Gasteiger partial charge in [0.15, 0.2) is 5.82 Å². The first-order valence-electron chi connectivity index (χ1n) is 21.7. The molecule has 0 atom stereocenters. The number of pyridine rings is 6. The van der Waals surface area contributed by atoms with Gasteiger partial charge in [0, 0.05) is 54.8 Å². The molecule has 0 radical (unpaired) electrons. The fourth-order valence-electron chi connectivity index (χ4n) is 5.70. The highest BCUT2D eigenvalue weighted by Gasteiger charge is 2.11. The van der Waals surface area contributed by atoms with Crippen molar-refractivity contribution in [2.45, 2.75) is 41.0 Å². The molecule has 0 aliphatic carbocycles. The van der Waals surface area contributed by atoms with E-state index in [0.29, 0.717) is 5.82 Å². The largest absolute Gasteiger partial charge is 0.288 e. The average Bonchev–Trinajstić information content (AvgIpc) is 4.14. The van der Waals surface area contributed by atoms with E-state index in [-0.39, 0.29) is 0 Å². The molecule has 66 heavy (non-hydrogen) atoms. The Morgan fingerprint density at radius 3 is 1.52 bits per heavy atom. The molecule has 10 aromatic rings. The third-order valence-electron chi connectivity index (χ3n) is 8.60. The number of aromatic nitrogens is 12. The van der Waals surface area contributed by atoms with Gasteiger partial charge >= 0.3 is 0 Å². The number of para-hydroxylation sites is 2. The van der Waals surface area contributed by atoms with E-state index >= 15 is 0 Å². The van der Waals surface area contributed by atoms with E-state index in [9.17, 15) is 0 Å². The van der Waals surface area contributed by atoms with E-state index in [1.54, 1.807) is 43.8 Å². The van der Waals surface area contributed by atoms with Crippen LogP contribution in [0.4, 0.5) is 0 Å². The second-order valence-corrected chi connectivity index (χ2v) is 13.7. The van der Waals surface area contributed by atoms with Gasteiger partial charge < -0.3 is 0 Å². The zero-order chi connectivity index (χ0) is 46.4. The van der Waals surface area contributed by atoms with Crippen LogP contribution < -0.4 is 0 Å². The minimum absolute atomic E-state index is 0.703. The van der Waals surface area contributed by atoms with Gasteiger partial charge in [-0.3, -0.25) is 34.1 Å². The van der Waals surface area contributed by atoms with Crippen molar-refractivity contribution in [3.05, 3.63) is 231 Å². The lowest BCUT2D eigenvalue weighted by molar-refractivity contribution is 1.05. The molecule has 0 bridgehead atoms. The molecule has 0 aliphatic rings. The predicted octanol–water partition coefficient (Wildman–Crippen LogP) is 12.2. The Hall–Kier alpha value is -8.64. The van der Waals surface area contributed by atoms with Crippen LogP contribution in [0.25, 0.3) is 57.8 Å². The van der Waals surface area contributed by atoms with Crippen LogP contribution in [0.15, 0.2) is 214 Å². The molecule has 2 aromatic carbocycles. The predicted molar refractivity (Wildman–Crippen MR) is 266 cm³/mol. The molecule has 0 aliphatic heterocycles. The van der Waals surface area contributed by atoms with Crippen LogP contribution in [-0.2, 0) is 0 Å². The molecule has 0 fully saturated rings. The van der Waals surface area contributed by atoms with Crippen molar-refractivity contribution in [3.63, 3.8) is 0 Å². The van der Waals surface area contributed by atoms with Crippen LogP contribution in [-0.4, -0.2) is 59.4 Å². The van der Waals surface area contributed by atoms with Crippen molar-refractivity contribution < 1.29 is 0 Å². The topological polar surface area (TPSA) is 139 Å². The molecule has 12 nitrogen and oxygen atoms in total. The van der Waals surface area contributed by atoms with Crippen LogP contribution >= 0.6 is 0 Å². The van der Waals surface area contributed by atoms with E-state index in [0.717, 1.165) is 51.0 Å². The highest BCUT2D eigenvalue weighted by molar-refractivity contribution is 5.69. The van der Waals surface area contributed by atoms with Gasteiger partial charge in [-0.15, -0.1) is 20.4 Å². The molecule has 12 heteroatoms. The summed E-state index contributed by atoms with van der Waals surface area (Å²) in [6, 6.07) is 49.1. The number of nitrogens with zero attached hydrogens (tertiary/aromatic N) is 12. The van der Waals surface area contributed by atoms with E-state index in [1.165, 1.54) is 12.0 Å². The Morgan fingerprint density at radius 1 is 0.455 bits per heavy atom. The Bertz CT molecular complexity index is 2770. The van der Waals surface area contributed by atoms with Gasteiger partial charge in [-0.05, 0) is 109 Å². The molecule has 0 saturated carbocycles. The Morgan fingerprint density at radius 2 is 0.970 bits per heavy atom. The van der Waals surface area contributed by atoms with Crippen molar-refractivity contribution in [2.24, 2.45) is 0 Å². The summed E-state index contributed by atoms with van der Waals surface area (Å²) in [5.41, 5.74) is 9.69. The maximum absolute atomic E-state index is 4.69. The number of benzene rings is 2. The van der Waals surface area contributed by atoms with Crippen LogP contribution in [0.3, 0.4) is 0 Å². The lowest BCUT2D eigenvalue weighted by Crippen LogP contribution is -1.98. The minimum Gasteiger partial charge on any atom is -0.288 e. The molecule has 0 amide bonds. The van der Waals surface area contributed by atoms with E-state index in [2.05, 4.69) is 70.2 Å². The maximum Gasteiger partial charge on any atom is 0.187 e. The van der Waals surface area contributed by atoms with Gasteiger partial charge in [-0.1, -0.05) is 113 Å². The average molecular weight is 871 g/mol. The highest BCUT2D eigenvalue weighted by Crippen LogP contribution is 2.22. The van der Waals surface area contributed by atoms with Crippen LogP contribution in [0.1, 0.15) is 50.8 Å².